The summed E-state index contributed by atoms with van der Waals surface area (Å²) in [5.74, 6) is -1.24. The molecule has 2 N–H and O–H groups in total. The van der Waals surface area contributed by atoms with E-state index < -0.39 is 35.8 Å². The molecule has 0 aliphatic carbocycles. The highest BCUT2D eigenvalue weighted by Crippen LogP contribution is 2.44. The second-order valence-electron chi connectivity index (χ2n) is 3.42. The highest BCUT2D eigenvalue weighted by Gasteiger charge is 2.42. The van der Waals surface area contributed by atoms with Crippen molar-refractivity contribution < 1.29 is 31.1 Å². The topological polar surface area (TPSA) is 35.2 Å². The summed E-state index contributed by atoms with van der Waals surface area (Å²) in [5.41, 5.74) is 1.85. The second kappa shape index (κ2) is 4.68. The summed E-state index contributed by atoms with van der Waals surface area (Å²) in [5, 5.41) is 0. The minimum Gasteiger partial charge on any atom is -0.495 e. The van der Waals surface area contributed by atoms with Gasteiger partial charge in [-0.1, -0.05) is 0 Å². The van der Waals surface area contributed by atoms with Crippen molar-refractivity contribution in [2.75, 3.05) is 7.11 Å². The molecule has 0 radical (unpaired) electrons. The van der Waals surface area contributed by atoms with E-state index >= 15 is 0 Å². The second-order valence-corrected chi connectivity index (χ2v) is 3.42. The number of nitrogens with two attached hydrogens (primary N) is 1. The van der Waals surface area contributed by atoms with Gasteiger partial charge in [0.15, 0.2) is 0 Å². The molecule has 8 heteroatoms. The molecule has 0 bridgehead atoms. The molecule has 102 valence electrons. The Morgan fingerprint density at radius 1 is 1.00 bits per heavy atom. The minimum atomic E-state index is -4.95. The zero-order valence-electron chi connectivity index (χ0n) is 9.12. The Kier molecular flexibility index (Phi) is 3.80. The highest BCUT2D eigenvalue weighted by atomic mass is 19.4. The quantitative estimate of drug-likeness (QED) is 0.840. The molecule has 0 spiro atoms. The van der Waals surface area contributed by atoms with Gasteiger partial charge in [-0.25, -0.2) is 0 Å². The molecule has 0 aliphatic heterocycles. The number of ether oxygens (including phenoxy) is 1. The van der Waals surface area contributed by atoms with Crippen molar-refractivity contribution in [3.05, 3.63) is 28.8 Å². The first-order valence-electron chi connectivity index (χ1n) is 4.66. The zero-order valence-corrected chi connectivity index (χ0v) is 9.12. The standard InChI is InChI=1S/C10H9F6NO/c1-18-8-6(9(11,12)13)2-5(4-17)3-7(8)10(14,15)16/h2-3H,4,17H2,1H3. The molecular formula is C10H9F6NO. The van der Waals surface area contributed by atoms with Crippen LogP contribution in [0.5, 0.6) is 5.75 Å². The van der Waals surface area contributed by atoms with Crippen LogP contribution in [0.25, 0.3) is 0 Å². The van der Waals surface area contributed by atoms with Crippen molar-refractivity contribution in [1.82, 2.24) is 0 Å². The normalized spacial score (nSPS) is 12.7. The molecule has 0 heterocycles. The first kappa shape index (κ1) is 14.6. The van der Waals surface area contributed by atoms with Crippen LogP contribution in [0.15, 0.2) is 12.1 Å². The van der Waals surface area contributed by atoms with Crippen molar-refractivity contribution in [2.24, 2.45) is 5.73 Å². The summed E-state index contributed by atoms with van der Waals surface area (Å²) in [6, 6.07) is 1.10. The van der Waals surface area contributed by atoms with Gasteiger partial charge >= 0.3 is 12.4 Å². The Balaban J connectivity index is 3.61. The lowest BCUT2D eigenvalue weighted by molar-refractivity contribution is -0.145. The van der Waals surface area contributed by atoms with Crippen LogP contribution in [0, 0.1) is 0 Å². The van der Waals surface area contributed by atoms with Crippen LogP contribution in [-0.2, 0) is 18.9 Å². The third-order valence-corrected chi connectivity index (χ3v) is 2.20. The van der Waals surface area contributed by atoms with E-state index in [1.165, 1.54) is 0 Å². The average molecular weight is 273 g/mol. The third kappa shape index (κ3) is 2.87. The average Bonchev–Trinajstić information content (AvgIpc) is 2.24. The summed E-state index contributed by atoms with van der Waals surface area (Å²) in [7, 11) is 0.752. The monoisotopic (exact) mass is 273 g/mol. The van der Waals surface area contributed by atoms with Crippen molar-refractivity contribution >= 4 is 0 Å². The van der Waals surface area contributed by atoms with Crippen molar-refractivity contribution in [1.29, 1.82) is 0 Å². The van der Waals surface area contributed by atoms with Gasteiger partial charge in [0.25, 0.3) is 0 Å². The van der Waals surface area contributed by atoms with E-state index in [4.69, 9.17) is 5.73 Å². The summed E-state index contributed by atoms with van der Waals surface area (Å²) in [6.07, 6.45) is -9.90. The molecule has 0 saturated carbocycles. The predicted octanol–water partition coefficient (Wildman–Crippen LogP) is 3.19. The molecule has 0 unspecified atom stereocenters. The van der Waals surface area contributed by atoms with Crippen LogP contribution in [0.2, 0.25) is 0 Å². The lowest BCUT2D eigenvalue weighted by Gasteiger charge is -2.18. The highest BCUT2D eigenvalue weighted by molar-refractivity contribution is 5.47. The van der Waals surface area contributed by atoms with E-state index in [2.05, 4.69) is 4.74 Å². The molecule has 0 aromatic heterocycles. The Morgan fingerprint density at radius 2 is 1.39 bits per heavy atom. The van der Waals surface area contributed by atoms with Gasteiger partial charge in [0.2, 0.25) is 0 Å². The Labute approximate surface area is 98.3 Å². The largest absolute Gasteiger partial charge is 0.495 e. The maximum Gasteiger partial charge on any atom is 0.419 e. The number of methoxy groups -OCH3 is 1. The van der Waals surface area contributed by atoms with Gasteiger partial charge in [0.1, 0.15) is 5.75 Å². The molecule has 0 atom stereocenters. The Bertz CT molecular complexity index is 402. The van der Waals surface area contributed by atoms with Crippen LogP contribution in [0.3, 0.4) is 0 Å². The van der Waals surface area contributed by atoms with Gasteiger partial charge in [0.05, 0.1) is 18.2 Å². The third-order valence-electron chi connectivity index (χ3n) is 2.20. The lowest BCUT2D eigenvalue weighted by Crippen LogP contribution is -2.16. The van der Waals surface area contributed by atoms with Gasteiger partial charge in [0, 0.05) is 6.54 Å². The van der Waals surface area contributed by atoms with Crippen LogP contribution < -0.4 is 10.5 Å². The molecule has 0 saturated heterocycles. The molecule has 0 fully saturated rings. The fraction of sp³-hybridized carbons (Fsp3) is 0.400. The summed E-state index contributed by atoms with van der Waals surface area (Å²) >= 11 is 0. The SMILES string of the molecule is COc1c(C(F)(F)F)cc(CN)cc1C(F)(F)F. The predicted molar refractivity (Wildman–Crippen MR) is 50.9 cm³/mol. The molecule has 18 heavy (non-hydrogen) atoms. The number of hydrogen-bond donors (Lipinski definition) is 1. The minimum absolute atomic E-state index is 0.268. The van der Waals surface area contributed by atoms with Crippen molar-refractivity contribution in [2.45, 2.75) is 18.9 Å². The summed E-state index contributed by atoms with van der Waals surface area (Å²) < 4.78 is 80.0. The van der Waals surface area contributed by atoms with Crippen LogP contribution in [-0.4, -0.2) is 7.11 Å². The van der Waals surface area contributed by atoms with Gasteiger partial charge in [-0.3, -0.25) is 0 Å². The zero-order chi connectivity index (χ0) is 14.1. The maximum atomic E-state index is 12.6. The molecule has 1 aromatic carbocycles. The van der Waals surface area contributed by atoms with Crippen LogP contribution in [0.4, 0.5) is 26.3 Å². The first-order chi connectivity index (χ1) is 8.11. The van der Waals surface area contributed by atoms with Gasteiger partial charge in [-0.2, -0.15) is 26.3 Å². The smallest absolute Gasteiger partial charge is 0.419 e. The summed E-state index contributed by atoms with van der Waals surface area (Å²) in [6.45, 7) is -0.434. The van der Waals surface area contributed by atoms with Crippen molar-refractivity contribution in [3.8, 4) is 5.75 Å². The van der Waals surface area contributed by atoms with E-state index in [1.54, 1.807) is 0 Å². The van der Waals surface area contributed by atoms with Crippen molar-refractivity contribution in [3.63, 3.8) is 0 Å². The van der Waals surface area contributed by atoms with Crippen LogP contribution in [0.1, 0.15) is 16.7 Å². The Morgan fingerprint density at radius 3 is 1.61 bits per heavy atom. The molecular weight excluding hydrogens is 264 g/mol. The molecule has 1 aromatic rings. The Hall–Kier alpha value is -1.44. The van der Waals surface area contributed by atoms with E-state index in [0.717, 1.165) is 7.11 Å². The first-order valence-corrected chi connectivity index (χ1v) is 4.66. The summed E-state index contributed by atoms with van der Waals surface area (Å²) in [4.78, 5) is 0. The molecule has 1 rings (SSSR count). The van der Waals surface area contributed by atoms with E-state index in [-0.39, 0.29) is 5.56 Å². The van der Waals surface area contributed by atoms with E-state index in [1.807, 2.05) is 0 Å². The molecule has 2 nitrogen and oxygen atoms in total. The number of alkyl halides is 6. The van der Waals surface area contributed by atoms with Gasteiger partial charge < -0.3 is 10.5 Å². The fourth-order valence-electron chi connectivity index (χ4n) is 1.45. The number of halogens is 6. The number of hydrogen-bond acceptors (Lipinski definition) is 2. The van der Waals surface area contributed by atoms with E-state index in [0.29, 0.717) is 12.1 Å². The van der Waals surface area contributed by atoms with Gasteiger partial charge in [-0.15, -0.1) is 0 Å². The van der Waals surface area contributed by atoms with Crippen LogP contribution >= 0.6 is 0 Å². The van der Waals surface area contributed by atoms with E-state index in [9.17, 15) is 26.3 Å². The lowest BCUT2D eigenvalue weighted by atomic mass is 10.0. The van der Waals surface area contributed by atoms with Gasteiger partial charge in [-0.05, 0) is 17.7 Å². The number of benzene rings is 1. The molecule has 0 amide bonds. The maximum absolute atomic E-state index is 12.6. The fourth-order valence-corrected chi connectivity index (χ4v) is 1.45. The molecule has 0 aliphatic rings. The number of rotatable bonds is 2.